The number of piperidine rings is 1. The Morgan fingerprint density at radius 1 is 1.30 bits per heavy atom. The minimum absolute atomic E-state index is 0.0717. The van der Waals surface area contributed by atoms with Gasteiger partial charge in [-0.25, -0.2) is 9.97 Å². The van der Waals surface area contributed by atoms with Crippen molar-refractivity contribution in [2.24, 2.45) is 5.41 Å². The maximum Gasteiger partial charge on any atom is 0.433 e. The summed E-state index contributed by atoms with van der Waals surface area (Å²) in [7, 11) is 0. The molecule has 1 aliphatic heterocycles. The van der Waals surface area contributed by atoms with E-state index in [-0.39, 0.29) is 31.0 Å². The number of carboxylic acid groups (broad SMARTS) is 1. The molecule has 9 heteroatoms. The van der Waals surface area contributed by atoms with Crippen LogP contribution in [0.5, 0.6) is 0 Å². The summed E-state index contributed by atoms with van der Waals surface area (Å²) >= 11 is 0. The minimum Gasteiger partial charge on any atom is -0.481 e. The number of aliphatic hydroxyl groups is 1. The smallest absolute Gasteiger partial charge is 0.433 e. The molecule has 6 nitrogen and oxygen atoms in total. The Hall–Kier alpha value is -1.90. The fourth-order valence-corrected chi connectivity index (χ4v) is 4.21. The lowest BCUT2D eigenvalue weighted by Crippen LogP contribution is -2.55. The summed E-state index contributed by atoms with van der Waals surface area (Å²) in [6.45, 7) is 1.94. The number of aryl methyl sites for hydroxylation is 1. The number of carbonyl (C=O) groups is 1. The van der Waals surface area contributed by atoms with Crippen molar-refractivity contribution in [1.29, 1.82) is 0 Å². The average molecular weight is 387 g/mol. The van der Waals surface area contributed by atoms with Gasteiger partial charge in [-0.2, -0.15) is 13.2 Å². The van der Waals surface area contributed by atoms with E-state index < -0.39 is 29.4 Å². The average Bonchev–Trinajstić information content (AvgIpc) is 2.61. The Morgan fingerprint density at radius 3 is 2.59 bits per heavy atom. The molecule has 0 aromatic carbocycles. The topological polar surface area (TPSA) is 86.5 Å². The van der Waals surface area contributed by atoms with Gasteiger partial charge in [0.1, 0.15) is 0 Å². The Labute approximate surface area is 155 Å². The second-order valence-electron chi connectivity index (χ2n) is 7.43. The number of nitrogens with zero attached hydrogens (tertiary/aromatic N) is 3. The van der Waals surface area contributed by atoms with Gasteiger partial charge in [0.25, 0.3) is 0 Å². The molecule has 27 heavy (non-hydrogen) atoms. The molecule has 2 N–H and O–H groups in total. The van der Waals surface area contributed by atoms with E-state index >= 15 is 0 Å². The van der Waals surface area contributed by atoms with E-state index in [2.05, 4.69) is 9.97 Å². The van der Waals surface area contributed by atoms with Crippen LogP contribution in [-0.4, -0.2) is 45.3 Å². The molecule has 0 radical (unpaired) electrons. The highest BCUT2D eigenvalue weighted by Crippen LogP contribution is 2.39. The van der Waals surface area contributed by atoms with Crippen LogP contribution >= 0.6 is 0 Å². The van der Waals surface area contributed by atoms with Crippen molar-refractivity contribution in [2.45, 2.75) is 64.1 Å². The molecule has 0 unspecified atom stereocenters. The lowest BCUT2D eigenvalue weighted by Gasteiger charge is -2.43. The zero-order valence-corrected chi connectivity index (χ0v) is 15.2. The highest BCUT2D eigenvalue weighted by Gasteiger charge is 2.48. The van der Waals surface area contributed by atoms with Crippen LogP contribution in [0.25, 0.3) is 0 Å². The SMILES string of the molecule is CCC[C@]1(C(=O)O)CCN(c2nc3c(c(C(F)(F)F)n2)CCCC3)C[C@@H]1O. The van der Waals surface area contributed by atoms with Crippen molar-refractivity contribution >= 4 is 11.9 Å². The number of carboxylic acids is 1. The van der Waals surface area contributed by atoms with Gasteiger partial charge in [-0.05, 0) is 38.5 Å². The third-order valence-electron chi connectivity index (χ3n) is 5.70. The number of hydrogen-bond donors (Lipinski definition) is 2. The molecular weight excluding hydrogens is 363 g/mol. The van der Waals surface area contributed by atoms with E-state index in [4.69, 9.17) is 0 Å². The number of alkyl halides is 3. The number of hydrogen-bond acceptors (Lipinski definition) is 5. The van der Waals surface area contributed by atoms with Crippen molar-refractivity contribution in [3.8, 4) is 0 Å². The lowest BCUT2D eigenvalue weighted by molar-refractivity contribution is -0.159. The first-order valence-electron chi connectivity index (χ1n) is 9.32. The summed E-state index contributed by atoms with van der Waals surface area (Å²) in [5, 5.41) is 20.1. The van der Waals surface area contributed by atoms with Gasteiger partial charge in [0, 0.05) is 24.3 Å². The third-order valence-corrected chi connectivity index (χ3v) is 5.70. The van der Waals surface area contributed by atoms with E-state index in [9.17, 15) is 28.2 Å². The molecule has 1 aromatic rings. The molecule has 150 valence electrons. The van der Waals surface area contributed by atoms with Crippen molar-refractivity contribution in [1.82, 2.24) is 9.97 Å². The molecule has 1 aliphatic carbocycles. The fraction of sp³-hybridized carbons (Fsp3) is 0.722. The number of aliphatic carboxylic acids is 1. The number of rotatable bonds is 4. The molecule has 1 saturated heterocycles. The van der Waals surface area contributed by atoms with Crippen LogP contribution in [0.15, 0.2) is 0 Å². The minimum atomic E-state index is -4.57. The summed E-state index contributed by atoms with van der Waals surface area (Å²) in [5.41, 5.74) is -1.59. The van der Waals surface area contributed by atoms with Crippen LogP contribution in [0.1, 0.15) is 56.0 Å². The maximum atomic E-state index is 13.5. The normalized spacial score (nSPS) is 26.0. The van der Waals surface area contributed by atoms with Crippen molar-refractivity contribution in [3.63, 3.8) is 0 Å². The molecule has 0 saturated carbocycles. The van der Waals surface area contributed by atoms with E-state index in [0.29, 0.717) is 37.8 Å². The Kier molecular flexibility index (Phi) is 5.33. The van der Waals surface area contributed by atoms with Gasteiger partial charge in [0.15, 0.2) is 5.69 Å². The van der Waals surface area contributed by atoms with Crippen LogP contribution < -0.4 is 4.90 Å². The molecule has 2 heterocycles. The molecule has 0 bridgehead atoms. The summed E-state index contributed by atoms with van der Waals surface area (Å²) in [6.07, 6.45) is -2.48. The zero-order valence-electron chi connectivity index (χ0n) is 15.2. The number of aliphatic hydroxyl groups excluding tert-OH is 1. The highest BCUT2D eigenvalue weighted by molar-refractivity contribution is 5.76. The van der Waals surface area contributed by atoms with Gasteiger partial charge in [-0.3, -0.25) is 4.79 Å². The number of β-amino-alcohol motifs (C(OH)–C–C–N with tert-alkyl or cyclic N) is 1. The number of halogens is 3. The van der Waals surface area contributed by atoms with Crippen molar-refractivity contribution in [2.75, 3.05) is 18.0 Å². The molecular formula is C18H24F3N3O3. The van der Waals surface area contributed by atoms with E-state index in [1.165, 1.54) is 4.90 Å². The molecule has 1 aromatic heterocycles. The van der Waals surface area contributed by atoms with Crippen LogP contribution in [0, 0.1) is 5.41 Å². The molecule has 3 rings (SSSR count). The van der Waals surface area contributed by atoms with Crippen LogP contribution in [0.4, 0.5) is 19.1 Å². The van der Waals surface area contributed by atoms with E-state index in [1.807, 2.05) is 6.92 Å². The van der Waals surface area contributed by atoms with E-state index in [0.717, 1.165) is 6.42 Å². The van der Waals surface area contributed by atoms with Gasteiger partial charge in [-0.1, -0.05) is 13.3 Å². The molecule has 1 fully saturated rings. The summed E-state index contributed by atoms with van der Waals surface area (Å²) in [4.78, 5) is 21.3. The standard InChI is InChI=1S/C18H24F3N3O3/c1-2-7-17(15(26)27)8-9-24(10-13(17)25)16-22-12-6-4-3-5-11(12)14(23-16)18(19,20)21/h13,25H,2-10H2,1H3,(H,26,27)/t13-,17-/m0/s1. The highest BCUT2D eigenvalue weighted by atomic mass is 19.4. The summed E-state index contributed by atoms with van der Waals surface area (Å²) in [5.74, 6) is -1.14. The quantitative estimate of drug-likeness (QED) is 0.826. The molecule has 2 atom stereocenters. The second kappa shape index (κ2) is 7.26. The first-order chi connectivity index (χ1) is 12.7. The maximum absolute atomic E-state index is 13.5. The van der Waals surface area contributed by atoms with Gasteiger partial charge < -0.3 is 15.1 Å². The van der Waals surface area contributed by atoms with Crippen LogP contribution in [0.2, 0.25) is 0 Å². The van der Waals surface area contributed by atoms with Gasteiger partial charge in [0.05, 0.1) is 11.5 Å². The van der Waals surface area contributed by atoms with Crippen LogP contribution in [0.3, 0.4) is 0 Å². The number of aromatic nitrogens is 2. The summed E-state index contributed by atoms with van der Waals surface area (Å²) in [6, 6.07) is 0. The number of fused-ring (bicyclic) bond motifs is 1. The van der Waals surface area contributed by atoms with E-state index in [1.54, 1.807) is 0 Å². The van der Waals surface area contributed by atoms with Gasteiger partial charge in [0.2, 0.25) is 5.95 Å². The monoisotopic (exact) mass is 387 g/mol. The van der Waals surface area contributed by atoms with Gasteiger partial charge in [-0.15, -0.1) is 0 Å². The molecule has 2 aliphatic rings. The van der Waals surface area contributed by atoms with Gasteiger partial charge >= 0.3 is 12.1 Å². The second-order valence-corrected chi connectivity index (χ2v) is 7.43. The predicted octanol–water partition coefficient (Wildman–Crippen LogP) is 2.82. The Balaban J connectivity index is 1.93. The third kappa shape index (κ3) is 3.61. The first-order valence-corrected chi connectivity index (χ1v) is 9.32. The Bertz CT molecular complexity index is 726. The summed E-state index contributed by atoms with van der Waals surface area (Å²) < 4.78 is 40.5. The lowest BCUT2D eigenvalue weighted by atomic mass is 9.73. The van der Waals surface area contributed by atoms with Crippen molar-refractivity contribution < 1.29 is 28.2 Å². The van der Waals surface area contributed by atoms with Crippen LogP contribution in [-0.2, 0) is 23.8 Å². The number of anilines is 1. The Morgan fingerprint density at radius 2 is 2.00 bits per heavy atom. The molecule has 0 amide bonds. The fourth-order valence-electron chi connectivity index (χ4n) is 4.21. The van der Waals surface area contributed by atoms with Crippen molar-refractivity contribution in [3.05, 3.63) is 17.0 Å². The largest absolute Gasteiger partial charge is 0.481 e. The first kappa shape index (κ1) is 19.9. The zero-order chi connectivity index (χ0) is 19.8. The molecule has 0 spiro atoms. The predicted molar refractivity (Wildman–Crippen MR) is 91.5 cm³/mol.